The highest BCUT2D eigenvalue weighted by Gasteiger charge is 2.36. The summed E-state index contributed by atoms with van der Waals surface area (Å²) in [7, 11) is 0. The topological polar surface area (TPSA) is 120 Å². The molecule has 1 aromatic carbocycles. The van der Waals surface area contributed by atoms with Gasteiger partial charge in [-0.3, -0.25) is 9.88 Å². The molecule has 1 fully saturated rings. The molecule has 0 radical (unpaired) electrons. The second-order valence-electron chi connectivity index (χ2n) is 13.3. The molecule has 0 amide bonds. The zero-order valence-corrected chi connectivity index (χ0v) is 25.4. The Hall–Kier alpha value is -3.37. The number of rotatable bonds is 7. The smallest absolute Gasteiger partial charge is 0.337 e. The zero-order valence-electron chi connectivity index (χ0n) is 25.4. The summed E-state index contributed by atoms with van der Waals surface area (Å²) in [5.74, 6) is -0.302. The number of aromatic nitrogens is 5. The summed E-state index contributed by atoms with van der Waals surface area (Å²) in [4.78, 5) is 22.4. The third-order valence-corrected chi connectivity index (χ3v) is 8.31. The monoisotopic (exact) mass is 561 g/mol. The minimum absolute atomic E-state index is 0.251. The fourth-order valence-electron chi connectivity index (χ4n) is 6.11. The van der Waals surface area contributed by atoms with E-state index in [1.807, 2.05) is 34.6 Å². The Morgan fingerprint density at radius 1 is 1.12 bits per heavy atom. The highest BCUT2D eigenvalue weighted by atomic mass is 16.5. The fraction of sp³-hybridized carbons (Fsp3) is 0.581. The fourth-order valence-corrected chi connectivity index (χ4v) is 6.11. The van der Waals surface area contributed by atoms with E-state index in [1.165, 1.54) is 11.1 Å². The lowest BCUT2D eigenvalue weighted by molar-refractivity contribution is -0.160. The summed E-state index contributed by atoms with van der Waals surface area (Å²) >= 11 is 0. The molecular formula is C31H43N7O3. The molecule has 1 atom stereocenters. The van der Waals surface area contributed by atoms with Crippen LogP contribution in [0.25, 0.3) is 11.1 Å². The Bertz CT molecular complexity index is 1400. The van der Waals surface area contributed by atoms with E-state index >= 15 is 0 Å². The third-order valence-electron chi connectivity index (χ3n) is 8.31. The van der Waals surface area contributed by atoms with Crippen molar-refractivity contribution in [3.05, 3.63) is 52.1 Å². The lowest BCUT2D eigenvalue weighted by atomic mass is 9.81. The molecule has 0 bridgehead atoms. The summed E-state index contributed by atoms with van der Waals surface area (Å²) in [6, 6.07) is 6.65. The number of tetrazole rings is 1. The Kier molecular flexibility index (Phi) is 7.91. The van der Waals surface area contributed by atoms with Gasteiger partial charge in [0.25, 0.3) is 0 Å². The zero-order chi connectivity index (χ0) is 29.5. The first-order chi connectivity index (χ1) is 19.3. The molecule has 3 aromatic rings. The number of carboxylic acid groups (broad SMARTS) is 1. The largest absolute Gasteiger partial charge is 0.479 e. The van der Waals surface area contributed by atoms with E-state index < -0.39 is 17.7 Å². The van der Waals surface area contributed by atoms with Gasteiger partial charge in [-0.2, -0.15) is 5.21 Å². The normalized spacial score (nSPS) is 18.3. The Morgan fingerprint density at radius 3 is 2.49 bits per heavy atom. The molecule has 2 aliphatic heterocycles. The van der Waals surface area contributed by atoms with E-state index in [1.54, 1.807) is 0 Å². The van der Waals surface area contributed by atoms with Gasteiger partial charge in [0.2, 0.25) is 0 Å². The molecule has 220 valence electrons. The predicted molar refractivity (Wildman–Crippen MR) is 158 cm³/mol. The van der Waals surface area contributed by atoms with Crippen molar-refractivity contribution < 1.29 is 14.6 Å². The number of benzene rings is 1. The van der Waals surface area contributed by atoms with E-state index in [4.69, 9.17) is 9.72 Å². The minimum atomic E-state index is -1.12. The van der Waals surface area contributed by atoms with Crippen molar-refractivity contribution in [3.63, 3.8) is 0 Å². The lowest BCUT2D eigenvalue weighted by Crippen LogP contribution is -2.39. The second-order valence-corrected chi connectivity index (χ2v) is 13.3. The summed E-state index contributed by atoms with van der Waals surface area (Å²) < 4.78 is 6.23. The molecule has 41 heavy (non-hydrogen) atoms. The van der Waals surface area contributed by atoms with Gasteiger partial charge in [-0.15, -0.1) is 10.2 Å². The van der Waals surface area contributed by atoms with Crippen LogP contribution in [-0.2, 0) is 29.0 Å². The molecule has 2 aromatic heterocycles. The van der Waals surface area contributed by atoms with Gasteiger partial charge in [0.05, 0.1) is 17.8 Å². The molecule has 2 N–H and O–H groups in total. The van der Waals surface area contributed by atoms with Crippen molar-refractivity contribution in [2.45, 2.75) is 92.5 Å². The van der Waals surface area contributed by atoms with Crippen LogP contribution in [0.4, 0.5) is 5.69 Å². The van der Waals surface area contributed by atoms with Crippen molar-refractivity contribution in [1.82, 2.24) is 30.5 Å². The van der Waals surface area contributed by atoms with E-state index in [-0.39, 0.29) is 5.41 Å². The van der Waals surface area contributed by atoms with Crippen LogP contribution in [0.1, 0.15) is 87.5 Å². The number of carbonyl (C=O) groups is 1. The van der Waals surface area contributed by atoms with Crippen LogP contribution in [0.2, 0.25) is 0 Å². The minimum Gasteiger partial charge on any atom is -0.479 e. The second kappa shape index (κ2) is 11.1. The number of nitrogens with zero attached hydrogens (tertiary/aromatic N) is 6. The molecule has 4 heterocycles. The first-order valence-corrected chi connectivity index (χ1v) is 14.5. The molecule has 0 spiro atoms. The highest BCUT2D eigenvalue weighted by molar-refractivity contribution is 5.88. The number of aryl methyl sites for hydroxylation is 2. The van der Waals surface area contributed by atoms with Gasteiger partial charge in [0, 0.05) is 48.7 Å². The van der Waals surface area contributed by atoms with E-state index in [9.17, 15) is 9.90 Å². The average molecular weight is 562 g/mol. The summed E-state index contributed by atoms with van der Waals surface area (Å²) in [5.41, 5.74) is 7.50. The van der Waals surface area contributed by atoms with E-state index in [0.29, 0.717) is 23.6 Å². The molecule has 10 nitrogen and oxygen atoms in total. The maximum atomic E-state index is 12.7. The van der Waals surface area contributed by atoms with E-state index in [0.717, 1.165) is 67.9 Å². The Morgan fingerprint density at radius 2 is 1.85 bits per heavy atom. The first kappa shape index (κ1) is 29.1. The molecular weight excluding hydrogens is 518 g/mol. The molecule has 0 aliphatic carbocycles. The number of anilines is 1. The summed E-state index contributed by atoms with van der Waals surface area (Å²) in [5, 5.41) is 24.9. The highest BCUT2D eigenvalue weighted by Crippen LogP contribution is 2.45. The van der Waals surface area contributed by atoms with Crippen LogP contribution in [0, 0.1) is 19.3 Å². The number of pyridine rings is 1. The number of ether oxygens (including phenoxy) is 1. The summed E-state index contributed by atoms with van der Waals surface area (Å²) in [6.07, 6.45) is 1.85. The number of fused-ring (bicyclic) bond motifs is 1. The predicted octanol–water partition coefficient (Wildman–Crippen LogP) is 5.00. The molecule has 0 saturated carbocycles. The number of aliphatic carboxylic acids is 1. The van der Waals surface area contributed by atoms with Crippen LogP contribution in [0.3, 0.4) is 0 Å². The number of nitrogens with one attached hydrogen (secondary N) is 1. The number of hydrogen-bond donors (Lipinski definition) is 2. The quantitative estimate of drug-likeness (QED) is 0.410. The lowest BCUT2D eigenvalue weighted by Gasteiger charge is -2.41. The van der Waals surface area contributed by atoms with Crippen LogP contribution in [0.5, 0.6) is 0 Å². The Labute approximate surface area is 242 Å². The number of carboxylic acids is 1. The van der Waals surface area contributed by atoms with Gasteiger partial charge in [-0.25, -0.2) is 4.79 Å². The average Bonchev–Trinajstić information content (AvgIpc) is 3.39. The first-order valence-electron chi connectivity index (χ1n) is 14.5. The third kappa shape index (κ3) is 6.43. The van der Waals surface area contributed by atoms with Crippen LogP contribution in [0.15, 0.2) is 18.2 Å². The number of aromatic amines is 1. The van der Waals surface area contributed by atoms with Crippen LogP contribution < -0.4 is 4.90 Å². The van der Waals surface area contributed by atoms with Gasteiger partial charge in [-0.05, 0) is 76.0 Å². The maximum absolute atomic E-state index is 12.7. The Balaban J connectivity index is 1.60. The number of H-pyrrole nitrogens is 1. The van der Waals surface area contributed by atoms with Crippen LogP contribution in [-0.4, -0.2) is 66.8 Å². The van der Waals surface area contributed by atoms with Gasteiger partial charge in [0.1, 0.15) is 0 Å². The van der Waals surface area contributed by atoms with Gasteiger partial charge in [0.15, 0.2) is 11.9 Å². The van der Waals surface area contributed by atoms with Crippen molar-refractivity contribution in [1.29, 1.82) is 0 Å². The summed E-state index contributed by atoms with van der Waals surface area (Å²) in [6.45, 7) is 18.3. The van der Waals surface area contributed by atoms with Gasteiger partial charge >= 0.3 is 5.97 Å². The van der Waals surface area contributed by atoms with E-state index in [2.05, 4.69) is 62.5 Å². The number of hydrogen-bond acceptors (Lipinski definition) is 8. The molecule has 1 saturated heterocycles. The van der Waals surface area contributed by atoms with Crippen molar-refractivity contribution in [3.8, 4) is 11.1 Å². The molecule has 1 unspecified atom stereocenters. The number of piperidine rings is 1. The van der Waals surface area contributed by atoms with Crippen molar-refractivity contribution in [2.75, 3.05) is 24.5 Å². The van der Waals surface area contributed by atoms with Gasteiger partial charge < -0.3 is 14.7 Å². The van der Waals surface area contributed by atoms with Crippen molar-refractivity contribution in [2.24, 2.45) is 5.41 Å². The molecule has 5 rings (SSSR count). The van der Waals surface area contributed by atoms with Crippen LogP contribution >= 0.6 is 0 Å². The van der Waals surface area contributed by atoms with Gasteiger partial charge in [-0.1, -0.05) is 37.3 Å². The molecule has 10 heteroatoms. The SMILES string of the molecule is Cc1nc(C)c(C(OC(C)(C)C)C(=O)O)c(N2CCC(C)(C)CC2)c1-c1ccc2c(c1)CCN(Cc1nn[nH]n1)C2. The molecule has 2 aliphatic rings. The standard InChI is InChI=1S/C31H43N7O3/c1-19-25(22-8-9-23-17-37(13-10-21(23)16-22)18-24-33-35-36-34-24)27(38-14-11-31(6,7)12-15-38)26(20(2)32-19)28(29(39)40)41-30(3,4)5/h8-9,16,28H,10-15,17-18H2,1-7H3,(H,39,40)(H,33,34,35,36). The maximum Gasteiger partial charge on any atom is 0.337 e. The van der Waals surface area contributed by atoms with Crippen molar-refractivity contribution >= 4 is 11.7 Å².